The van der Waals surface area contributed by atoms with Gasteiger partial charge in [-0.05, 0) is 45.7 Å². The highest BCUT2D eigenvalue weighted by molar-refractivity contribution is 6.31. The van der Waals surface area contributed by atoms with E-state index in [4.69, 9.17) is 11.6 Å². The number of amides is 2. The highest BCUT2D eigenvalue weighted by Crippen LogP contribution is 2.28. The normalized spacial score (nSPS) is 13.1. The summed E-state index contributed by atoms with van der Waals surface area (Å²) < 4.78 is 0. The van der Waals surface area contributed by atoms with Crippen molar-refractivity contribution in [1.29, 1.82) is 0 Å². The van der Waals surface area contributed by atoms with Crippen molar-refractivity contribution in [2.75, 3.05) is 11.9 Å². The number of likely N-dealkylation sites (N-methyl/N-ethyl adjacent to an activating group) is 1. The fraction of sp³-hybridized carbons (Fsp3) is 0.182. The number of nitrogens with one attached hydrogen (secondary N) is 1. The Morgan fingerprint density at radius 1 is 1.15 bits per heavy atom. The van der Waals surface area contributed by atoms with Crippen LogP contribution in [-0.4, -0.2) is 18.9 Å². The zero-order valence-electron chi connectivity index (χ0n) is 15.0. The Hall–Kier alpha value is -2.85. The topological polar surface area (TPSA) is 49.4 Å². The molecule has 0 spiro atoms. The second-order valence-corrected chi connectivity index (χ2v) is 7.27. The Labute approximate surface area is 162 Å². The first-order chi connectivity index (χ1) is 13.0. The first-order valence-electron chi connectivity index (χ1n) is 8.83. The van der Waals surface area contributed by atoms with Crippen LogP contribution in [0.5, 0.6) is 0 Å². The quantitative estimate of drug-likeness (QED) is 0.749. The largest absolute Gasteiger partial charge is 0.352 e. The van der Waals surface area contributed by atoms with Gasteiger partial charge in [-0.1, -0.05) is 48.0 Å². The van der Waals surface area contributed by atoms with E-state index in [1.807, 2.05) is 54.6 Å². The van der Waals surface area contributed by atoms with Gasteiger partial charge in [-0.15, -0.1) is 0 Å². The molecule has 1 heterocycles. The summed E-state index contributed by atoms with van der Waals surface area (Å²) in [5.41, 5.74) is 3.86. The Morgan fingerprint density at radius 2 is 1.96 bits per heavy atom. The van der Waals surface area contributed by atoms with E-state index >= 15 is 0 Å². The third-order valence-electron chi connectivity index (χ3n) is 4.97. The number of hydrogen-bond donors (Lipinski definition) is 1. The third kappa shape index (κ3) is 3.53. The molecule has 0 bridgehead atoms. The monoisotopic (exact) mass is 378 g/mol. The third-order valence-corrected chi connectivity index (χ3v) is 5.19. The van der Waals surface area contributed by atoms with Crippen LogP contribution < -0.4 is 10.2 Å². The van der Waals surface area contributed by atoms with Gasteiger partial charge < -0.3 is 10.2 Å². The molecule has 1 N–H and O–H groups in total. The van der Waals surface area contributed by atoms with Crippen LogP contribution in [0, 0.1) is 0 Å². The summed E-state index contributed by atoms with van der Waals surface area (Å²) in [6.45, 7) is 0.433. The molecule has 0 unspecified atom stereocenters. The number of hydrogen-bond acceptors (Lipinski definition) is 2. The van der Waals surface area contributed by atoms with Gasteiger partial charge in [0.05, 0.1) is 12.8 Å². The Bertz CT molecular complexity index is 1060. The Kier molecular flexibility index (Phi) is 4.58. The number of carbonyl (C=O) groups is 2. The van der Waals surface area contributed by atoms with E-state index in [0.717, 1.165) is 33.2 Å². The molecule has 0 fully saturated rings. The van der Waals surface area contributed by atoms with E-state index in [9.17, 15) is 9.59 Å². The van der Waals surface area contributed by atoms with Crippen molar-refractivity contribution in [2.45, 2.75) is 19.4 Å². The molecule has 3 aromatic rings. The van der Waals surface area contributed by atoms with Crippen LogP contribution in [-0.2, 0) is 29.0 Å². The number of carbonyl (C=O) groups excluding carboxylic acids is 2. The molecular weight excluding hydrogens is 360 g/mol. The lowest BCUT2D eigenvalue weighted by molar-refractivity contribution is -0.120. The first kappa shape index (κ1) is 17.6. The highest BCUT2D eigenvalue weighted by Gasteiger charge is 2.23. The summed E-state index contributed by atoms with van der Waals surface area (Å²) in [7, 11) is 1.78. The van der Waals surface area contributed by atoms with Crippen molar-refractivity contribution in [1.82, 2.24) is 5.32 Å². The average Bonchev–Trinajstić information content (AvgIpc) is 2.93. The molecule has 3 aromatic carbocycles. The number of nitrogens with zero attached hydrogens (tertiary/aromatic N) is 1. The molecule has 0 aliphatic carbocycles. The minimum atomic E-state index is -0.0592. The minimum Gasteiger partial charge on any atom is -0.352 e. The van der Waals surface area contributed by atoms with E-state index < -0.39 is 0 Å². The lowest BCUT2D eigenvalue weighted by Gasteiger charge is -2.11. The van der Waals surface area contributed by atoms with Crippen LogP contribution >= 0.6 is 11.6 Å². The maximum Gasteiger partial charge on any atom is 0.231 e. The average molecular weight is 379 g/mol. The van der Waals surface area contributed by atoms with Crippen molar-refractivity contribution in [3.63, 3.8) is 0 Å². The first-order valence-corrected chi connectivity index (χ1v) is 9.21. The molecule has 4 rings (SSSR count). The summed E-state index contributed by atoms with van der Waals surface area (Å²) in [6, 6.07) is 17.5. The van der Waals surface area contributed by atoms with Crippen molar-refractivity contribution in [3.05, 3.63) is 76.3 Å². The molecule has 0 aromatic heterocycles. The predicted octanol–water partition coefficient (Wildman–Crippen LogP) is 3.87. The molecule has 0 atom stereocenters. The van der Waals surface area contributed by atoms with Crippen LogP contribution in [0.2, 0.25) is 5.02 Å². The second-order valence-electron chi connectivity index (χ2n) is 6.83. The van der Waals surface area contributed by atoms with Gasteiger partial charge in [-0.3, -0.25) is 9.59 Å². The van der Waals surface area contributed by atoms with Crippen LogP contribution in [0.15, 0.2) is 54.6 Å². The van der Waals surface area contributed by atoms with Crippen LogP contribution in [0.4, 0.5) is 5.69 Å². The van der Waals surface area contributed by atoms with E-state index in [-0.39, 0.29) is 18.2 Å². The molecule has 1 aliphatic rings. The van der Waals surface area contributed by atoms with Gasteiger partial charge in [0.25, 0.3) is 0 Å². The van der Waals surface area contributed by atoms with Gasteiger partial charge >= 0.3 is 0 Å². The maximum absolute atomic E-state index is 12.5. The predicted molar refractivity (Wildman–Crippen MR) is 108 cm³/mol. The standard InChI is InChI=1S/C22H19ClN2O2/c1-25-20-7-6-14(8-17(20)12-22(25)27)13-24-21(26)11-16-10-18(23)9-15-4-2-3-5-19(15)16/h2-10H,11-13H2,1H3,(H,24,26). The summed E-state index contributed by atoms with van der Waals surface area (Å²) >= 11 is 6.19. The van der Waals surface area contributed by atoms with Crippen molar-refractivity contribution >= 4 is 39.9 Å². The highest BCUT2D eigenvalue weighted by atomic mass is 35.5. The number of rotatable bonds is 4. The van der Waals surface area contributed by atoms with Crippen LogP contribution in [0.3, 0.4) is 0 Å². The Morgan fingerprint density at radius 3 is 2.81 bits per heavy atom. The van der Waals surface area contributed by atoms with Gasteiger partial charge in [-0.25, -0.2) is 0 Å². The van der Waals surface area contributed by atoms with E-state index in [2.05, 4.69) is 5.32 Å². The zero-order chi connectivity index (χ0) is 19.0. The summed E-state index contributed by atoms with van der Waals surface area (Å²) in [6.07, 6.45) is 0.690. The molecular formula is C22H19ClN2O2. The number of fused-ring (bicyclic) bond motifs is 2. The van der Waals surface area contributed by atoms with Crippen molar-refractivity contribution in [3.8, 4) is 0 Å². The number of anilines is 1. The lowest BCUT2D eigenvalue weighted by atomic mass is 10.0. The molecule has 5 heteroatoms. The smallest absolute Gasteiger partial charge is 0.231 e. The van der Waals surface area contributed by atoms with Gasteiger partial charge in [-0.2, -0.15) is 0 Å². The minimum absolute atomic E-state index is 0.0592. The molecule has 136 valence electrons. The summed E-state index contributed by atoms with van der Waals surface area (Å²) in [5.74, 6) is 0.0372. The van der Waals surface area contributed by atoms with Crippen molar-refractivity contribution in [2.24, 2.45) is 0 Å². The zero-order valence-corrected chi connectivity index (χ0v) is 15.7. The van der Waals surface area contributed by atoms with Gasteiger partial charge in [0, 0.05) is 24.3 Å². The van der Waals surface area contributed by atoms with Gasteiger partial charge in [0.15, 0.2) is 0 Å². The fourth-order valence-electron chi connectivity index (χ4n) is 3.57. The maximum atomic E-state index is 12.5. The van der Waals surface area contributed by atoms with E-state index in [1.54, 1.807) is 11.9 Å². The SMILES string of the molecule is CN1C(=O)Cc2cc(CNC(=O)Cc3cc(Cl)cc4ccccc34)ccc21. The summed E-state index contributed by atoms with van der Waals surface area (Å²) in [4.78, 5) is 25.9. The number of benzene rings is 3. The van der Waals surface area contributed by atoms with Gasteiger partial charge in [0.2, 0.25) is 11.8 Å². The molecule has 4 nitrogen and oxygen atoms in total. The molecule has 0 saturated carbocycles. The van der Waals surface area contributed by atoms with Gasteiger partial charge in [0.1, 0.15) is 0 Å². The molecule has 1 aliphatic heterocycles. The fourth-order valence-corrected chi connectivity index (χ4v) is 3.81. The lowest BCUT2D eigenvalue weighted by Crippen LogP contribution is -2.24. The van der Waals surface area contributed by atoms with E-state index in [1.165, 1.54) is 0 Å². The van der Waals surface area contributed by atoms with Crippen molar-refractivity contribution < 1.29 is 9.59 Å². The molecule has 2 amide bonds. The van der Waals surface area contributed by atoms with Crippen LogP contribution in [0.1, 0.15) is 16.7 Å². The van der Waals surface area contributed by atoms with E-state index in [0.29, 0.717) is 18.0 Å². The van der Waals surface area contributed by atoms with Crippen LogP contribution in [0.25, 0.3) is 10.8 Å². The molecule has 0 saturated heterocycles. The summed E-state index contributed by atoms with van der Waals surface area (Å²) in [5, 5.41) is 5.66. The molecule has 27 heavy (non-hydrogen) atoms. The Balaban J connectivity index is 1.46. The number of halogens is 1. The molecule has 0 radical (unpaired) electrons. The second kappa shape index (κ2) is 7.05.